The van der Waals surface area contributed by atoms with Crippen molar-refractivity contribution in [2.45, 2.75) is 39.2 Å². The maximum Gasteiger partial charge on any atom is 0.320 e. The van der Waals surface area contributed by atoms with Crippen LogP contribution in [0.25, 0.3) is 0 Å². The van der Waals surface area contributed by atoms with Gasteiger partial charge in [-0.05, 0) is 31.9 Å². The van der Waals surface area contributed by atoms with Crippen molar-refractivity contribution in [3.05, 3.63) is 45.9 Å². The fourth-order valence-electron chi connectivity index (χ4n) is 2.29. The van der Waals surface area contributed by atoms with E-state index in [9.17, 15) is 9.59 Å². The van der Waals surface area contributed by atoms with Gasteiger partial charge in [-0.2, -0.15) is 0 Å². The summed E-state index contributed by atoms with van der Waals surface area (Å²) in [6.07, 6.45) is 0.781. The third kappa shape index (κ3) is 4.32. The summed E-state index contributed by atoms with van der Waals surface area (Å²) in [6.45, 7) is 5.87. The summed E-state index contributed by atoms with van der Waals surface area (Å²) < 4.78 is 0. The van der Waals surface area contributed by atoms with Crippen LogP contribution in [0.3, 0.4) is 0 Å². The molecular formula is C17H22N4O2S. The van der Waals surface area contributed by atoms with Crippen molar-refractivity contribution < 1.29 is 9.59 Å². The van der Waals surface area contributed by atoms with Crippen molar-refractivity contribution in [1.29, 1.82) is 0 Å². The molecule has 128 valence electrons. The highest BCUT2D eigenvalue weighted by molar-refractivity contribution is 7.09. The number of aryl methyl sites for hydroxylation is 1. The number of benzene rings is 1. The predicted molar refractivity (Wildman–Crippen MR) is 96.0 cm³/mol. The molecule has 1 aromatic carbocycles. The maximum atomic E-state index is 12.4. The first-order valence-corrected chi connectivity index (χ1v) is 8.60. The number of thiazole rings is 1. The van der Waals surface area contributed by atoms with Crippen LogP contribution >= 0.6 is 11.3 Å². The Bertz CT molecular complexity index is 744. The van der Waals surface area contributed by atoms with E-state index in [0.717, 1.165) is 10.7 Å². The minimum atomic E-state index is -0.554. The second-order valence-corrected chi connectivity index (χ2v) is 6.72. The number of hydrogen-bond acceptors (Lipinski definition) is 4. The monoisotopic (exact) mass is 346 g/mol. The molecule has 4 N–H and O–H groups in total. The third-order valence-electron chi connectivity index (χ3n) is 3.82. The molecule has 0 saturated heterocycles. The van der Waals surface area contributed by atoms with Crippen molar-refractivity contribution in [3.63, 3.8) is 0 Å². The van der Waals surface area contributed by atoms with Crippen molar-refractivity contribution in [2.24, 2.45) is 5.73 Å². The molecule has 3 amide bonds. The first kappa shape index (κ1) is 17.9. The molecule has 0 spiro atoms. The molecule has 2 aromatic rings. The molecular weight excluding hydrogens is 324 g/mol. The summed E-state index contributed by atoms with van der Waals surface area (Å²) in [5, 5.41) is 8.61. The van der Waals surface area contributed by atoms with Crippen molar-refractivity contribution in [2.75, 3.05) is 5.32 Å². The van der Waals surface area contributed by atoms with Gasteiger partial charge in [0, 0.05) is 16.8 Å². The molecule has 1 heterocycles. The van der Waals surface area contributed by atoms with E-state index in [-0.39, 0.29) is 12.5 Å². The standard InChI is InChI=1S/C17H22N4O2S/c1-4-17(3,15-19-11(2)10-24-15)21-16(23)20-13-8-6-5-7-12(13)9-14(18)22/h5-8,10H,4,9H2,1-3H3,(H2,18,22)(H2,20,21,23). The van der Waals surface area contributed by atoms with E-state index in [1.54, 1.807) is 24.3 Å². The molecule has 1 aromatic heterocycles. The van der Waals surface area contributed by atoms with Gasteiger partial charge in [-0.15, -0.1) is 11.3 Å². The second-order valence-electron chi connectivity index (χ2n) is 5.86. The molecule has 0 radical (unpaired) electrons. The zero-order chi connectivity index (χ0) is 17.7. The van der Waals surface area contributed by atoms with Gasteiger partial charge in [0.2, 0.25) is 5.91 Å². The number of nitrogens with one attached hydrogen (secondary N) is 2. The first-order chi connectivity index (χ1) is 11.3. The lowest BCUT2D eigenvalue weighted by Crippen LogP contribution is -2.45. The van der Waals surface area contributed by atoms with Gasteiger partial charge in [0.05, 0.1) is 12.0 Å². The molecule has 1 unspecified atom stereocenters. The number of hydrogen-bond donors (Lipinski definition) is 3. The number of carbonyl (C=O) groups excluding carboxylic acids is 2. The first-order valence-electron chi connectivity index (χ1n) is 7.72. The highest BCUT2D eigenvalue weighted by Crippen LogP contribution is 2.27. The van der Waals surface area contributed by atoms with Crippen molar-refractivity contribution >= 4 is 29.0 Å². The van der Waals surface area contributed by atoms with Gasteiger partial charge >= 0.3 is 6.03 Å². The second kappa shape index (κ2) is 7.44. The highest BCUT2D eigenvalue weighted by Gasteiger charge is 2.30. The van der Waals surface area contributed by atoms with E-state index in [1.807, 2.05) is 26.2 Å². The SMILES string of the molecule is CCC(C)(NC(=O)Nc1ccccc1CC(N)=O)c1nc(C)cs1. The summed E-state index contributed by atoms with van der Waals surface area (Å²) in [7, 11) is 0. The minimum Gasteiger partial charge on any atom is -0.369 e. The summed E-state index contributed by atoms with van der Waals surface area (Å²) in [6, 6.07) is 6.77. The number of nitrogens with two attached hydrogens (primary N) is 1. The van der Waals surface area contributed by atoms with Crippen LogP contribution in [0.4, 0.5) is 10.5 Å². The number of primary amides is 1. The van der Waals surface area contributed by atoms with Crippen molar-refractivity contribution in [3.8, 4) is 0 Å². The maximum absolute atomic E-state index is 12.4. The van der Waals surface area contributed by atoms with Gasteiger partial charge in [-0.1, -0.05) is 25.1 Å². The summed E-state index contributed by atoms with van der Waals surface area (Å²) in [5.41, 5.74) is 6.89. The van der Waals surface area contributed by atoms with E-state index in [1.165, 1.54) is 11.3 Å². The molecule has 0 saturated carbocycles. The van der Waals surface area contributed by atoms with E-state index >= 15 is 0 Å². The Morgan fingerprint density at radius 2 is 2.04 bits per heavy atom. The lowest BCUT2D eigenvalue weighted by Gasteiger charge is -2.27. The Labute approximate surface area is 145 Å². The van der Waals surface area contributed by atoms with Gasteiger partial charge in [0.25, 0.3) is 0 Å². The predicted octanol–water partition coefficient (Wildman–Crippen LogP) is 2.93. The molecule has 1 atom stereocenters. The quantitative estimate of drug-likeness (QED) is 0.750. The average Bonchev–Trinajstić information content (AvgIpc) is 2.96. The van der Waals surface area contributed by atoms with Crippen LogP contribution in [0.1, 0.15) is 36.5 Å². The summed E-state index contributed by atoms with van der Waals surface area (Å²) >= 11 is 1.53. The van der Waals surface area contributed by atoms with Crippen LogP contribution in [-0.4, -0.2) is 16.9 Å². The molecule has 6 nitrogen and oxygen atoms in total. The Kier molecular flexibility index (Phi) is 5.56. The van der Waals surface area contributed by atoms with Crippen LogP contribution < -0.4 is 16.4 Å². The van der Waals surface area contributed by atoms with Crippen LogP contribution in [0.5, 0.6) is 0 Å². The summed E-state index contributed by atoms with van der Waals surface area (Å²) in [5.74, 6) is -0.443. The number of amides is 3. The lowest BCUT2D eigenvalue weighted by molar-refractivity contribution is -0.117. The zero-order valence-corrected chi connectivity index (χ0v) is 14.9. The van der Waals surface area contributed by atoms with Crippen LogP contribution in [-0.2, 0) is 16.8 Å². The van der Waals surface area contributed by atoms with Gasteiger partial charge in [0.1, 0.15) is 5.01 Å². The number of urea groups is 1. The Balaban J connectivity index is 2.14. The molecule has 2 rings (SSSR count). The van der Waals surface area contributed by atoms with Gasteiger partial charge in [-0.25, -0.2) is 9.78 Å². The van der Waals surface area contributed by atoms with Gasteiger partial charge < -0.3 is 16.4 Å². The number of aromatic nitrogens is 1. The third-order valence-corrected chi connectivity index (χ3v) is 5.04. The fraction of sp³-hybridized carbons (Fsp3) is 0.353. The van der Waals surface area contributed by atoms with Crippen LogP contribution in [0.15, 0.2) is 29.6 Å². The normalized spacial score (nSPS) is 13.1. The summed E-state index contributed by atoms with van der Waals surface area (Å²) in [4.78, 5) is 28.1. The molecule has 0 aliphatic rings. The highest BCUT2D eigenvalue weighted by atomic mass is 32.1. The van der Waals surface area contributed by atoms with E-state index in [2.05, 4.69) is 15.6 Å². The minimum absolute atomic E-state index is 0.0766. The topological polar surface area (TPSA) is 97.1 Å². The zero-order valence-electron chi connectivity index (χ0n) is 14.1. The van der Waals surface area contributed by atoms with Gasteiger partial charge in [-0.3, -0.25) is 4.79 Å². The number of nitrogens with zero attached hydrogens (tertiary/aromatic N) is 1. The molecule has 0 bridgehead atoms. The molecule has 0 aliphatic carbocycles. The molecule has 0 aliphatic heterocycles. The number of rotatable bonds is 6. The lowest BCUT2D eigenvalue weighted by atomic mass is 10.0. The Hall–Kier alpha value is -2.41. The van der Waals surface area contributed by atoms with E-state index < -0.39 is 11.4 Å². The molecule has 0 fully saturated rings. The van der Waals surface area contributed by atoms with Crippen LogP contribution in [0, 0.1) is 6.92 Å². The van der Waals surface area contributed by atoms with E-state index in [4.69, 9.17) is 5.73 Å². The van der Waals surface area contributed by atoms with E-state index in [0.29, 0.717) is 17.7 Å². The number of para-hydroxylation sites is 1. The fourth-order valence-corrected chi connectivity index (χ4v) is 3.28. The average molecular weight is 346 g/mol. The largest absolute Gasteiger partial charge is 0.369 e. The smallest absolute Gasteiger partial charge is 0.320 e. The molecule has 7 heteroatoms. The molecule has 24 heavy (non-hydrogen) atoms. The Morgan fingerprint density at radius 1 is 1.33 bits per heavy atom. The van der Waals surface area contributed by atoms with Gasteiger partial charge in [0.15, 0.2) is 0 Å². The number of anilines is 1. The Morgan fingerprint density at radius 3 is 2.62 bits per heavy atom. The van der Waals surface area contributed by atoms with Crippen molar-refractivity contribution in [1.82, 2.24) is 10.3 Å². The number of carbonyl (C=O) groups is 2. The van der Waals surface area contributed by atoms with Crippen LogP contribution in [0.2, 0.25) is 0 Å².